The second kappa shape index (κ2) is 15.6. The number of rotatable bonds is 17. The number of unbranched alkanes of at least 4 members (excludes halogenated alkanes) is 1. The quantitative estimate of drug-likeness (QED) is 0.0743. The molecule has 0 radical (unpaired) electrons. The molecule has 0 amide bonds. The van der Waals surface area contributed by atoms with E-state index in [1.807, 2.05) is 20.8 Å². The van der Waals surface area contributed by atoms with Crippen molar-refractivity contribution in [1.82, 2.24) is 5.06 Å². The fourth-order valence-corrected chi connectivity index (χ4v) is 8.27. The van der Waals surface area contributed by atoms with Crippen molar-refractivity contribution in [3.05, 3.63) is 35.4 Å². The topological polar surface area (TPSA) is 66.5 Å². The molecule has 40 heavy (non-hydrogen) atoms. The van der Waals surface area contributed by atoms with Crippen LogP contribution in [0.15, 0.2) is 24.3 Å². The molecule has 0 bridgehead atoms. The first-order valence-electron chi connectivity index (χ1n) is 15.0. The predicted molar refractivity (Wildman–Crippen MR) is 166 cm³/mol. The molecule has 230 valence electrons. The first-order valence-corrected chi connectivity index (χ1v) is 17.8. The van der Waals surface area contributed by atoms with Gasteiger partial charge in [0, 0.05) is 36.9 Å². The number of alkyl halides is 1. The fourth-order valence-electron chi connectivity index (χ4n) is 5.47. The SMILES string of the molecule is CCO[Si](CCCCc1ccc(C(COC(=O)C(C)(C)Br)ON2C(C)(C)CCCC2(C)C)cc1)(OCC)OCC. The van der Waals surface area contributed by atoms with Crippen LogP contribution in [0.4, 0.5) is 0 Å². The number of benzene rings is 1. The van der Waals surface area contributed by atoms with Gasteiger partial charge in [0.25, 0.3) is 0 Å². The maximum atomic E-state index is 12.6. The van der Waals surface area contributed by atoms with Gasteiger partial charge in [-0.15, -0.1) is 0 Å². The molecule has 1 aliphatic heterocycles. The fraction of sp³-hybridized carbons (Fsp3) is 0.774. The Hall–Kier alpha value is -0.813. The Bertz CT molecular complexity index is 869. The smallest absolute Gasteiger partial charge is 0.461 e. The van der Waals surface area contributed by atoms with Crippen molar-refractivity contribution < 1.29 is 27.6 Å². The van der Waals surface area contributed by atoms with Gasteiger partial charge in [-0.2, -0.15) is 5.06 Å². The minimum absolute atomic E-state index is 0.123. The summed E-state index contributed by atoms with van der Waals surface area (Å²) >= 11 is 3.42. The van der Waals surface area contributed by atoms with E-state index < -0.39 is 19.2 Å². The lowest BCUT2D eigenvalue weighted by Gasteiger charge is -2.52. The van der Waals surface area contributed by atoms with Crippen molar-refractivity contribution >= 4 is 30.7 Å². The van der Waals surface area contributed by atoms with Crippen molar-refractivity contribution in [3.63, 3.8) is 0 Å². The zero-order valence-corrected chi connectivity index (χ0v) is 29.0. The highest BCUT2D eigenvalue weighted by Gasteiger charge is 2.44. The van der Waals surface area contributed by atoms with Crippen LogP contribution in [0.5, 0.6) is 0 Å². The van der Waals surface area contributed by atoms with Gasteiger partial charge >= 0.3 is 14.8 Å². The lowest BCUT2D eigenvalue weighted by atomic mass is 9.82. The Morgan fingerprint density at radius 3 is 1.95 bits per heavy atom. The van der Waals surface area contributed by atoms with Crippen LogP contribution in [0.1, 0.15) is 112 Å². The third-order valence-corrected chi connectivity index (χ3v) is 10.9. The Labute approximate surface area is 253 Å². The predicted octanol–water partition coefficient (Wildman–Crippen LogP) is 7.79. The van der Waals surface area contributed by atoms with Gasteiger partial charge in [0.05, 0.1) is 0 Å². The third kappa shape index (κ3) is 10.5. The van der Waals surface area contributed by atoms with Crippen LogP contribution < -0.4 is 0 Å². The highest BCUT2D eigenvalue weighted by molar-refractivity contribution is 9.10. The molecule has 0 aliphatic carbocycles. The summed E-state index contributed by atoms with van der Waals surface area (Å²) in [5.74, 6) is -0.305. The van der Waals surface area contributed by atoms with Gasteiger partial charge in [0.2, 0.25) is 0 Å². The number of piperidine rings is 1. The molecule has 0 saturated carbocycles. The number of nitrogens with zero attached hydrogens (tertiary/aromatic N) is 1. The van der Waals surface area contributed by atoms with Crippen LogP contribution in [-0.4, -0.2) is 61.7 Å². The summed E-state index contributed by atoms with van der Waals surface area (Å²) in [5, 5.41) is 2.14. The van der Waals surface area contributed by atoms with E-state index in [4.69, 9.17) is 22.9 Å². The molecule has 1 saturated heterocycles. The van der Waals surface area contributed by atoms with Crippen molar-refractivity contribution in [2.45, 2.75) is 128 Å². The minimum atomic E-state index is -2.60. The second-order valence-electron chi connectivity index (χ2n) is 12.4. The Morgan fingerprint density at radius 2 is 1.48 bits per heavy atom. The van der Waals surface area contributed by atoms with Gasteiger partial charge in [0.15, 0.2) is 0 Å². The van der Waals surface area contributed by atoms with Gasteiger partial charge in [-0.1, -0.05) is 40.2 Å². The maximum absolute atomic E-state index is 12.6. The summed E-state index contributed by atoms with van der Waals surface area (Å²) in [4.78, 5) is 19.3. The molecule has 1 aliphatic rings. The molecule has 0 N–H and O–H groups in total. The highest BCUT2D eigenvalue weighted by Crippen LogP contribution is 2.40. The maximum Gasteiger partial charge on any atom is 0.500 e. The number of aryl methyl sites for hydroxylation is 1. The van der Waals surface area contributed by atoms with E-state index in [0.717, 1.165) is 50.1 Å². The summed E-state index contributed by atoms with van der Waals surface area (Å²) in [6.07, 6.45) is 5.83. The molecule has 1 unspecified atom stereocenters. The number of ether oxygens (including phenoxy) is 1. The van der Waals surface area contributed by atoms with Crippen molar-refractivity contribution in [2.24, 2.45) is 0 Å². The third-order valence-electron chi connectivity index (χ3n) is 7.40. The lowest BCUT2D eigenvalue weighted by molar-refractivity contribution is -0.311. The number of esters is 1. The average Bonchev–Trinajstić information content (AvgIpc) is 2.86. The normalized spacial score (nSPS) is 18.4. The van der Waals surface area contributed by atoms with E-state index in [0.29, 0.717) is 19.8 Å². The van der Waals surface area contributed by atoms with Crippen LogP contribution >= 0.6 is 15.9 Å². The molecule has 9 heteroatoms. The average molecular weight is 645 g/mol. The van der Waals surface area contributed by atoms with Crippen LogP contribution in [0, 0.1) is 0 Å². The monoisotopic (exact) mass is 643 g/mol. The van der Waals surface area contributed by atoms with Crippen LogP contribution in [0.2, 0.25) is 6.04 Å². The molecule has 0 spiro atoms. The van der Waals surface area contributed by atoms with E-state index >= 15 is 0 Å². The van der Waals surface area contributed by atoms with Crippen LogP contribution in [-0.2, 0) is 34.1 Å². The largest absolute Gasteiger partial charge is 0.500 e. The highest BCUT2D eigenvalue weighted by atomic mass is 79.9. The molecule has 2 rings (SSSR count). The number of carbonyl (C=O) groups is 1. The Morgan fingerprint density at radius 1 is 0.950 bits per heavy atom. The molecule has 7 nitrogen and oxygen atoms in total. The molecular formula is C31H54BrNO6Si. The van der Waals surface area contributed by atoms with Gasteiger partial charge < -0.3 is 18.0 Å². The number of hydrogen-bond donors (Lipinski definition) is 0. The van der Waals surface area contributed by atoms with E-state index in [-0.39, 0.29) is 23.7 Å². The Kier molecular flexibility index (Phi) is 13.8. The van der Waals surface area contributed by atoms with E-state index in [1.165, 1.54) is 5.56 Å². The van der Waals surface area contributed by atoms with E-state index in [2.05, 4.69) is 73.0 Å². The number of hydroxylamine groups is 2. The molecular weight excluding hydrogens is 590 g/mol. The standard InChI is InChI=1S/C31H54BrNO6Si/c1-10-36-40(37-11-2,38-12-3)23-14-13-16-25-17-19-26(20-18-25)27(24-35-28(34)31(8,9)32)39-33-29(4,5)21-15-22-30(33,6)7/h17-20,27H,10-16,21-24H2,1-9H3. The van der Waals surface area contributed by atoms with Crippen LogP contribution in [0.3, 0.4) is 0 Å². The summed E-state index contributed by atoms with van der Waals surface area (Å²) in [6, 6.07) is 9.36. The molecule has 1 fully saturated rings. The van der Waals surface area contributed by atoms with E-state index in [9.17, 15) is 4.79 Å². The Balaban J connectivity index is 2.12. The molecule has 0 aromatic heterocycles. The molecule has 1 aromatic carbocycles. The summed E-state index contributed by atoms with van der Waals surface area (Å²) in [6.45, 7) is 20.4. The first kappa shape index (κ1) is 35.4. The van der Waals surface area contributed by atoms with Crippen LogP contribution in [0.25, 0.3) is 0 Å². The first-order chi connectivity index (χ1) is 18.7. The second-order valence-corrected chi connectivity index (χ2v) is 17.1. The number of carbonyl (C=O) groups excluding carboxylic acids is 1. The van der Waals surface area contributed by atoms with Crippen molar-refractivity contribution in [1.29, 1.82) is 0 Å². The molecule has 1 aromatic rings. The van der Waals surface area contributed by atoms with Crippen molar-refractivity contribution in [2.75, 3.05) is 26.4 Å². The molecule has 1 atom stereocenters. The minimum Gasteiger partial charge on any atom is -0.461 e. The van der Waals surface area contributed by atoms with Gasteiger partial charge in [-0.05, 0) is 112 Å². The van der Waals surface area contributed by atoms with Crippen molar-refractivity contribution in [3.8, 4) is 0 Å². The summed E-state index contributed by atoms with van der Waals surface area (Å²) in [5.41, 5.74) is 2.01. The molecule has 1 heterocycles. The zero-order valence-electron chi connectivity index (χ0n) is 26.4. The van der Waals surface area contributed by atoms with Gasteiger partial charge in [0.1, 0.15) is 17.0 Å². The number of hydrogen-bond acceptors (Lipinski definition) is 7. The summed E-state index contributed by atoms with van der Waals surface area (Å²) in [7, 11) is -2.60. The van der Waals surface area contributed by atoms with E-state index in [1.54, 1.807) is 13.8 Å². The lowest BCUT2D eigenvalue weighted by Crippen LogP contribution is -2.58. The van der Waals surface area contributed by atoms with Gasteiger partial charge in [-0.25, -0.2) is 0 Å². The zero-order chi connectivity index (χ0) is 30.0. The number of halogens is 1. The van der Waals surface area contributed by atoms with Gasteiger partial charge in [-0.3, -0.25) is 9.63 Å². The summed E-state index contributed by atoms with van der Waals surface area (Å²) < 4.78 is 23.0.